The zero-order valence-electron chi connectivity index (χ0n) is 6.36. The molecular formula is C7H11F2NO. The van der Waals surface area contributed by atoms with E-state index in [9.17, 15) is 13.6 Å². The van der Waals surface area contributed by atoms with Crippen molar-refractivity contribution in [2.24, 2.45) is 5.41 Å². The summed E-state index contributed by atoms with van der Waals surface area (Å²) in [7, 11) is 0. The van der Waals surface area contributed by atoms with Gasteiger partial charge in [-0.3, -0.25) is 4.79 Å². The maximum atomic E-state index is 11.6. The predicted molar refractivity (Wildman–Crippen MR) is 36.4 cm³/mol. The van der Waals surface area contributed by atoms with Gasteiger partial charge in [0.05, 0.1) is 6.54 Å². The fourth-order valence-electron chi connectivity index (χ4n) is 0.798. The quantitative estimate of drug-likeness (QED) is 0.664. The molecule has 4 heteroatoms. The molecule has 1 rings (SSSR count). The van der Waals surface area contributed by atoms with E-state index in [-0.39, 0.29) is 11.3 Å². The third kappa shape index (κ3) is 2.13. The summed E-state index contributed by atoms with van der Waals surface area (Å²) in [5.74, 6) is -0.238. The fraction of sp³-hybridized carbons (Fsp3) is 0.857. The van der Waals surface area contributed by atoms with Gasteiger partial charge in [0.2, 0.25) is 5.91 Å². The summed E-state index contributed by atoms with van der Waals surface area (Å²) >= 11 is 0. The molecule has 64 valence electrons. The topological polar surface area (TPSA) is 29.1 Å². The third-order valence-electron chi connectivity index (χ3n) is 1.97. The van der Waals surface area contributed by atoms with E-state index in [1.165, 1.54) is 0 Å². The molecule has 1 fully saturated rings. The highest BCUT2D eigenvalue weighted by Gasteiger charge is 2.44. The number of carbonyl (C=O) groups is 1. The standard InChI is InChI=1S/C7H11F2NO/c1-7(2-3-7)6(11)10-4-5(8)9/h5H,2-4H2,1H3,(H,10,11). The first-order valence-electron chi connectivity index (χ1n) is 3.61. The molecular weight excluding hydrogens is 152 g/mol. The van der Waals surface area contributed by atoms with Gasteiger partial charge in [-0.2, -0.15) is 0 Å². The molecule has 1 aliphatic carbocycles. The first-order valence-corrected chi connectivity index (χ1v) is 3.61. The zero-order valence-corrected chi connectivity index (χ0v) is 6.36. The van der Waals surface area contributed by atoms with E-state index >= 15 is 0 Å². The van der Waals surface area contributed by atoms with Crippen molar-refractivity contribution >= 4 is 5.91 Å². The van der Waals surface area contributed by atoms with Gasteiger partial charge in [-0.05, 0) is 12.8 Å². The maximum Gasteiger partial charge on any atom is 0.255 e. The molecule has 0 saturated heterocycles. The lowest BCUT2D eigenvalue weighted by atomic mass is 10.1. The molecule has 0 unspecified atom stereocenters. The Morgan fingerprint density at radius 3 is 2.55 bits per heavy atom. The normalized spacial score (nSPS) is 20.0. The van der Waals surface area contributed by atoms with Gasteiger partial charge < -0.3 is 5.32 Å². The minimum atomic E-state index is -2.44. The lowest BCUT2D eigenvalue weighted by Crippen LogP contribution is -2.33. The molecule has 1 N–H and O–H groups in total. The predicted octanol–water partition coefficient (Wildman–Crippen LogP) is 1.17. The number of carbonyl (C=O) groups excluding carboxylic acids is 1. The van der Waals surface area contributed by atoms with Crippen molar-refractivity contribution in [3.05, 3.63) is 0 Å². The summed E-state index contributed by atoms with van der Waals surface area (Å²) < 4.78 is 23.2. The molecule has 0 aromatic heterocycles. The van der Waals surface area contributed by atoms with Crippen molar-refractivity contribution in [1.29, 1.82) is 0 Å². The average Bonchev–Trinajstić information content (AvgIpc) is 2.64. The van der Waals surface area contributed by atoms with Crippen LogP contribution in [0.4, 0.5) is 8.78 Å². The van der Waals surface area contributed by atoms with Gasteiger partial charge in [0.25, 0.3) is 6.43 Å². The van der Waals surface area contributed by atoms with Crippen LogP contribution in [0, 0.1) is 5.41 Å². The first kappa shape index (κ1) is 8.43. The molecule has 1 aliphatic rings. The van der Waals surface area contributed by atoms with E-state index in [0.29, 0.717) is 0 Å². The molecule has 2 nitrogen and oxygen atoms in total. The Labute approximate surface area is 64.0 Å². The van der Waals surface area contributed by atoms with Crippen LogP contribution < -0.4 is 5.32 Å². The van der Waals surface area contributed by atoms with Gasteiger partial charge in [-0.15, -0.1) is 0 Å². The van der Waals surface area contributed by atoms with Crippen molar-refractivity contribution in [3.8, 4) is 0 Å². The summed E-state index contributed by atoms with van der Waals surface area (Å²) in [4.78, 5) is 11.0. The number of alkyl halides is 2. The van der Waals surface area contributed by atoms with Gasteiger partial charge in [0.15, 0.2) is 0 Å². The lowest BCUT2D eigenvalue weighted by molar-refractivity contribution is -0.126. The summed E-state index contributed by atoms with van der Waals surface area (Å²) in [5, 5.41) is 2.20. The van der Waals surface area contributed by atoms with E-state index in [4.69, 9.17) is 0 Å². The Balaban J connectivity index is 2.22. The Morgan fingerprint density at radius 2 is 2.18 bits per heavy atom. The molecule has 0 spiro atoms. The Hall–Kier alpha value is -0.670. The SMILES string of the molecule is CC1(C(=O)NCC(F)F)CC1. The first-order chi connectivity index (χ1) is 5.04. The van der Waals surface area contributed by atoms with E-state index < -0.39 is 13.0 Å². The lowest BCUT2D eigenvalue weighted by Gasteiger charge is -2.08. The Bertz CT molecular complexity index is 166. The van der Waals surface area contributed by atoms with E-state index in [0.717, 1.165) is 12.8 Å². The monoisotopic (exact) mass is 163 g/mol. The highest BCUT2D eigenvalue weighted by Crippen LogP contribution is 2.44. The summed E-state index contributed by atoms with van der Waals surface area (Å²) in [6.07, 6.45) is -0.800. The van der Waals surface area contributed by atoms with Crippen LogP contribution in [0.1, 0.15) is 19.8 Å². The number of nitrogens with one attached hydrogen (secondary N) is 1. The number of hydrogen-bond donors (Lipinski definition) is 1. The highest BCUT2D eigenvalue weighted by atomic mass is 19.3. The molecule has 0 aliphatic heterocycles. The molecule has 0 radical (unpaired) electrons. The van der Waals surface area contributed by atoms with Gasteiger partial charge in [0, 0.05) is 5.41 Å². The van der Waals surface area contributed by atoms with Gasteiger partial charge in [0.1, 0.15) is 0 Å². The summed E-state index contributed by atoms with van der Waals surface area (Å²) in [6, 6.07) is 0. The second-order valence-electron chi connectivity index (χ2n) is 3.16. The molecule has 0 bridgehead atoms. The number of amides is 1. The minimum absolute atomic E-state index is 0.238. The number of halogens is 2. The minimum Gasteiger partial charge on any atom is -0.350 e. The van der Waals surface area contributed by atoms with E-state index in [1.807, 2.05) is 0 Å². The average molecular weight is 163 g/mol. The van der Waals surface area contributed by atoms with Crippen LogP contribution in [0.5, 0.6) is 0 Å². The van der Waals surface area contributed by atoms with Crippen LogP contribution in [-0.4, -0.2) is 18.9 Å². The number of hydrogen-bond acceptors (Lipinski definition) is 1. The van der Waals surface area contributed by atoms with Crippen molar-refractivity contribution in [1.82, 2.24) is 5.32 Å². The molecule has 1 amide bonds. The molecule has 0 heterocycles. The Kier molecular flexibility index (Phi) is 2.11. The maximum absolute atomic E-state index is 11.6. The molecule has 0 atom stereocenters. The van der Waals surface area contributed by atoms with Crippen LogP contribution >= 0.6 is 0 Å². The zero-order chi connectivity index (χ0) is 8.48. The van der Waals surface area contributed by atoms with Gasteiger partial charge in [-0.1, -0.05) is 6.92 Å². The van der Waals surface area contributed by atoms with Crippen LogP contribution in [0.15, 0.2) is 0 Å². The fourth-order valence-corrected chi connectivity index (χ4v) is 0.798. The summed E-state index contributed by atoms with van der Waals surface area (Å²) in [6.45, 7) is 1.27. The van der Waals surface area contributed by atoms with Crippen LogP contribution in [-0.2, 0) is 4.79 Å². The molecule has 1 saturated carbocycles. The highest BCUT2D eigenvalue weighted by molar-refractivity contribution is 5.84. The van der Waals surface area contributed by atoms with E-state index in [1.54, 1.807) is 6.92 Å². The van der Waals surface area contributed by atoms with Crippen molar-refractivity contribution < 1.29 is 13.6 Å². The Morgan fingerprint density at radius 1 is 1.64 bits per heavy atom. The number of rotatable bonds is 3. The second-order valence-corrected chi connectivity index (χ2v) is 3.16. The van der Waals surface area contributed by atoms with Crippen LogP contribution in [0.3, 0.4) is 0 Å². The largest absolute Gasteiger partial charge is 0.350 e. The second kappa shape index (κ2) is 2.75. The van der Waals surface area contributed by atoms with Gasteiger partial charge >= 0.3 is 0 Å². The van der Waals surface area contributed by atoms with Crippen molar-refractivity contribution in [2.45, 2.75) is 26.2 Å². The van der Waals surface area contributed by atoms with Crippen LogP contribution in [0.2, 0.25) is 0 Å². The smallest absolute Gasteiger partial charge is 0.255 e. The van der Waals surface area contributed by atoms with Crippen LogP contribution in [0.25, 0.3) is 0 Å². The van der Waals surface area contributed by atoms with Gasteiger partial charge in [-0.25, -0.2) is 8.78 Å². The van der Waals surface area contributed by atoms with Crippen molar-refractivity contribution in [3.63, 3.8) is 0 Å². The molecule has 0 aromatic rings. The van der Waals surface area contributed by atoms with E-state index in [2.05, 4.69) is 5.32 Å². The third-order valence-corrected chi connectivity index (χ3v) is 1.97. The molecule has 11 heavy (non-hydrogen) atoms. The summed E-state index contributed by atoms with van der Waals surface area (Å²) in [5.41, 5.74) is -0.338. The molecule has 0 aromatic carbocycles. The van der Waals surface area contributed by atoms with Crippen molar-refractivity contribution in [2.75, 3.05) is 6.54 Å².